The molecule has 4 rings (SSSR count). The molecule has 1 atom stereocenters. The summed E-state index contributed by atoms with van der Waals surface area (Å²) in [6.45, 7) is 6.12. The van der Waals surface area contributed by atoms with Crippen LogP contribution in [-0.4, -0.2) is 46.8 Å². The van der Waals surface area contributed by atoms with Gasteiger partial charge in [-0.1, -0.05) is 19.1 Å². The van der Waals surface area contributed by atoms with E-state index in [0.29, 0.717) is 29.0 Å². The largest absolute Gasteiger partial charge is 0.462 e. The van der Waals surface area contributed by atoms with E-state index in [2.05, 4.69) is 0 Å². The molecule has 41 heavy (non-hydrogen) atoms. The Morgan fingerprint density at radius 2 is 1.71 bits per heavy atom. The second kappa shape index (κ2) is 11.9. The third-order valence-corrected chi connectivity index (χ3v) is 8.73. The topological polar surface area (TPSA) is 104 Å². The number of fused-ring (bicyclic) bond motifs is 2. The lowest BCUT2D eigenvalue weighted by molar-refractivity contribution is -0.140. The molecule has 0 radical (unpaired) electrons. The molecule has 2 aromatic carbocycles. The number of alkyl halides is 3. The van der Waals surface area contributed by atoms with E-state index in [1.807, 2.05) is 13.0 Å². The van der Waals surface area contributed by atoms with Crippen molar-refractivity contribution in [3.8, 4) is 0 Å². The first-order chi connectivity index (χ1) is 19.0. The minimum Gasteiger partial charge on any atom is -0.462 e. The van der Waals surface area contributed by atoms with Crippen molar-refractivity contribution in [3.05, 3.63) is 64.9 Å². The molecule has 0 fully saturated rings. The minimum absolute atomic E-state index is 0.0807. The summed E-state index contributed by atoms with van der Waals surface area (Å²) in [5.41, 5.74) is 1.78. The van der Waals surface area contributed by atoms with Crippen LogP contribution in [0.4, 0.5) is 30.2 Å². The Morgan fingerprint density at radius 1 is 1.07 bits per heavy atom. The first-order valence-electron chi connectivity index (χ1n) is 12.8. The van der Waals surface area contributed by atoms with Gasteiger partial charge in [0.05, 0.1) is 29.2 Å². The first-order valence-corrected chi connectivity index (χ1v) is 14.2. The highest BCUT2D eigenvalue weighted by atomic mass is 32.2. The van der Waals surface area contributed by atoms with Crippen molar-refractivity contribution in [2.75, 3.05) is 34.2 Å². The fourth-order valence-corrected chi connectivity index (χ4v) is 5.88. The van der Waals surface area contributed by atoms with Crippen LogP contribution in [0.1, 0.15) is 56.7 Å². The lowest BCUT2D eigenvalue weighted by Crippen LogP contribution is -2.32. The Hall–Kier alpha value is -3.87. The number of ketones is 1. The lowest BCUT2D eigenvalue weighted by atomic mass is 10.00. The first kappa shape index (κ1) is 31.7. The number of esters is 1. The summed E-state index contributed by atoms with van der Waals surface area (Å²) in [6, 6.07) is 9.07. The average molecular weight is 596 g/mol. The zero-order valence-electron chi connectivity index (χ0n) is 23.6. The summed E-state index contributed by atoms with van der Waals surface area (Å²) >= 11 is 0. The molecule has 2 aromatic rings. The highest BCUT2D eigenvalue weighted by Crippen LogP contribution is 2.42. The number of amides is 1. The van der Waals surface area contributed by atoms with Crippen LogP contribution in [-0.2, 0) is 41.9 Å². The number of ether oxygens (including phenoxy) is 1. The molecule has 1 aliphatic heterocycles. The zero-order chi connectivity index (χ0) is 30.9. The van der Waals surface area contributed by atoms with Gasteiger partial charge in [-0.3, -0.25) is 23.1 Å². The fourth-order valence-electron chi connectivity index (χ4n) is 4.71. The third-order valence-electron chi connectivity index (χ3n) is 6.96. The molecular weight excluding hydrogens is 563 g/mol. The van der Waals surface area contributed by atoms with Crippen molar-refractivity contribution in [1.82, 2.24) is 0 Å². The predicted octanol–water partition coefficient (Wildman–Crippen LogP) is 4.96. The Balaban J connectivity index is 0.000000275. The molecule has 2 aliphatic rings. The molecule has 1 amide bonds. The van der Waals surface area contributed by atoms with Crippen LogP contribution < -0.4 is 13.5 Å². The van der Waals surface area contributed by atoms with Crippen LogP contribution in [0.5, 0.6) is 0 Å². The molecule has 1 aliphatic carbocycles. The van der Waals surface area contributed by atoms with E-state index in [1.165, 1.54) is 52.2 Å². The SMILES string of the molecule is CC1CCc2c1cccc2C(F)(F)F.CCOC(=O)/C(=C/N(C(C)=O)c1ccc2c(c1)N(C)S(=O)(=O)N2C)C(C)=O. The smallest absolute Gasteiger partial charge is 0.416 e. The maximum absolute atomic E-state index is 12.6. The van der Waals surface area contributed by atoms with E-state index < -0.39 is 39.6 Å². The van der Waals surface area contributed by atoms with Gasteiger partial charge < -0.3 is 4.74 Å². The summed E-state index contributed by atoms with van der Waals surface area (Å²) in [7, 11) is -0.840. The molecule has 0 spiro atoms. The fraction of sp³-hybridized carbons (Fsp3) is 0.393. The van der Waals surface area contributed by atoms with Gasteiger partial charge in [-0.25, -0.2) is 4.79 Å². The van der Waals surface area contributed by atoms with E-state index in [1.54, 1.807) is 13.0 Å². The predicted molar refractivity (Wildman–Crippen MR) is 149 cm³/mol. The van der Waals surface area contributed by atoms with Gasteiger partial charge in [0.25, 0.3) is 0 Å². The summed E-state index contributed by atoms with van der Waals surface area (Å²) in [5, 5.41) is 0. The Bertz CT molecular complexity index is 1500. The van der Waals surface area contributed by atoms with Gasteiger partial charge in [0, 0.05) is 27.2 Å². The number of hydrogen-bond acceptors (Lipinski definition) is 6. The van der Waals surface area contributed by atoms with Crippen LogP contribution >= 0.6 is 0 Å². The monoisotopic (exact) mass is 595 g/mol. The summed E-state index contributed by atoms with van der Waals surface area (Å²) in [4.78, 5) is 37.0. The zero-order valence-corrected chi connectivity index (χ0v) is 24.4. The van der Waals surface area contributed by atoms with Crippen LogP contribution in [0.25, 0.3) is 0 Å². The number of hydrogen-bond donors (Lipinski definition) is 0. The highest BCUT2D eigenvalue weighted by Gasteiger charge is 2.37. The molecule has 13 heteroatoms. The van der Waals surface area contributed by atoms with Crippen molar-refractivity contribution in [2.24, 2.45) is 0 Å². The van der Waals surface area contributed by atoms with Gasteiger partial charge in [-0.2, -0.15) is 21.6 Å². The van der Waals surface area contributed by atoms with Crippen LogP contribution in [0.3, 0.4) is 0 Å². The molecular formula is C28H32F3N3O6S. The van der Waals surface area contributed by atoms with Crippen molar-refractivity contribution >= 4 is 44.9 Å². The molecule has 0 saturated carbocycles. The third kappa shape index (κ3) is 6.39. The van der Waals surface area contributed by atoms with Crippen LogP contribution in [0, 0.1) is 0 Å². The van der Waals surface area contributed by atoms with Gasteiger partial charge in [0.2, 0.25) is 5.91 Å². The number of rotatable bonds is 5. The van der Waals surface area contributed by atoms with Gasteiger partial charge in [0.1, 0.15) is 5.57 Å². The maximum atomic E-state index is 12.6. The van der Waals surface area contributed by atoms with E-state index in [-0.39, 0.29) is 18.1 Å². The van der Waals surface area contributed by atoms with E-state index >= 15 is 0 Å². The number of benzene rings is 2. The Labute approximate surface area is 237 Å². The van der Waals surface area contributed by atoms with Crippen LogP contribution in [0.2, 0.25) is 0 Å². The summed E-state index contributed by atoms with van der Waals surface area (Å²) in [5.74, 6) is -1.58. The molecule has 9 nitrogen and oxygen atoms in total. The number of halogens is 3. The molecule has 0 aromatic heterocycles. The van der Waals surface area contributed by atoms with Crippen molar-refractivity contribution in [3.63, 3.8) is 0 Å². The van der Waals surface area contributed by atoms with Crippen LogP contribution in [0.15, 0.2) is 48.2 Å². The minimum atomic E-state index is -4.20. The molecule has 1 heterocycles. The highest BCUT2D eigenvalue weighted by molar-refractivity contribution is 7.94. The van der Waals surface area contributed by atoms with Gasteiger partial charge >= 0.3 is 22.4 Å². The van der Waals surface area contributed by atoms with Crippen molar-refractivity contribution < 1.29 is 40.7 Å². The quantitative estimate of drug-likeness (QED) is 0.210. The standard InChI is InChI=1S/C17H21N3O6S.C11H11F3/c1-6-26-17(23)14(11(2)21)10-20(12(3)22)13-7-8-15-16(9-13)19(5)27(24,25)18(15)4;1-7-5-6-9-8(7)3-2-4-10(9)11(12,13)14/h7-10H,6H2,1-5H3;2-4,7H,5-6H2,1H3/b14-10+;. The van der Waals surface area contributed by atoms with Gasteiger partial charge in [-0.15, -0.1) is 0 Å². The molecule has 222 valence electrons. The molecule has 0 bridgehead atoms. The maximum Gasteiger partial charge on any atom is 0.416 e. The molecule has 1 unspecified atom stereocenters. The number of nitrogens with zero attached hydrogens (tertiary/aromatic N) is 3. The number of Topliss-reactive ketones (excluding diaryl/α,β-unsaturated/α-hetero) is 1. The summed E-state index contributed by atoms with van der Waals surface area (Å²) in [6.07, 6.45) is -1.69. The van der Waals surface area contributed by atoms with E-state index in [4.69, 9.17) is 4.74 Å². The van der Waals surface area contributed by atoms with E-state index in [0.717, 1.165) is 31.7 Å². The van der Waals surface area contributed by atoms with Gasteiger partial charge in [0.15, 0.2) is 5.78 Å². The number of carbonyl (C=O) groups is 3. The molecule has 0 saturated heterocycles. The average Bonchev–Trinajstić information content (AvgIpc) is 3.34. The van der Waals surface area contributed by atoms with Gasteiger partial charge in [-0.05, 0) is 68.0 Å². The van der Waals surface area contributed by atoms with Crippen molar-refractivity contribution in [2.45, 2.75) is 52.6 Å². The Kier molecular flexibility index (Phi) is 9.21. The second-order valence-electron chi connectivity index (χ2n) is 9.64. The van der Waals surface area contributed by atoms with Crippen molar-refractivity contribution in [1.29, 1.82) is 0 Å². The van der Waals surface area contributed by atoms with E-state index in [9.17, 15) is 36.0 Å². The molecule has 0 N–H and O–H groups in total. The lowest BCUT2D eigenvalue weighted by Gasteiger charge is -2.19. The normalized spacial score (nSPS) is 17.3. The summed E-state index contributed by atoms with van der Waals surface area (Å²) < 4.78 is 69.3. The Morgan fingerprint density at radius 3 is 2.27 bits per heavy atom. The number of anilines is 3. The second-order valence-corrected chi connectivity index (χ2v) is 11.6. The number of carbonyl (C=O) groups excluding carboxylic acids is 3.